The molecular weight excluding hydrogens is 194 g/mol. The van der Waals surface area contributed by atoms with Gasteiger partial charge in [0.15, 0.2) is 0 Å². The zero-order valence-electron chi connectivity index (χ0n) is 9.24. The van der Waals surface area contributed by atoms with Gasteiger partial charge in [0, 0.05) is 13.0 Å². The van der Waals surface area contributed by atoms with Crippen LogP contribution < -0.4 is 0 Å². The van der Waals surface area contributed by atoms with Crippen molar-refractivity contribution in [2.75, 3.05) is 13.1 Å². The largest absolute Gasteiger partial charge is 0.480 e. The molecule has 0 aliphatic rings. The smallest absolute Gasteiger partial charge is 0.323 e. The average molecular weight is 213 g/mol. The first kappa shape index (κ1) is 13.7. The Hall–Kier alpha value is -1.32. The molecule has 4 heteroatoms. The molecule has 0 aliphatic carbocycles. The van der Waals surface area contributed by atoms with Gasteiger partial charge in [-0.05, 0) is 6.42 Å². The van der Waals surface area contributed by atoms with Gasteiger partial charge in [0.25, 0.3) is 0 Å². The maximum atomic E-state index is 11.6. The first-order valence-electron chi connectivity index (χ1n) is 5.22. The number of rotatable bonds is 8. The number of unbranched alkanes of at least 4 members (excludes halogenated alkanes) is 2. The van der Waals surface area contributed by atoms with Crippen LogP contribution in [0.1, 0.15) is 32.6 Å². The van der Waals surface area contributed by atoms with Crippen LogP contribution in [0.2, 0.25) is 0 Å². The second-order valence-electron chi connectivity index (χ2n) is 3.41. The first-order chi connectivity index (χ1) is 7.11. The molecule has 0 saturated carbocycles. The van der Waals surface area contributed by atoms with Crippen molar-refractivity contribution in [3.05, 3.63) is 12.7 Å². The van der Waals surface area contributed by atoms with E-state index < -0.39 is 5.97 Å². The van der Waals surface area contributed by atoms with E-state index in [1.165, 1.54) is 4.90 Å². The van der Waals surface area contributed by atoms with E-state index in [1.54, 1.807) is 6.08 Å². The van der Waals surface area contributed by atoms with Crippen molar-refractivity contribution in [3.8, 4) is 0 Å². The highest BCUT2D eigenvalue weighted by atomic mass is 16.4. The van der Waals surface area contributed by atoms with E-state index >= 15 is 0 Å². The first-order valence-corrected chi connectivity index (χ1v) is 5.22. The predicted molar refractivity (Wildman–Crippen MR) is 58.6 cm³/mol. The van der Waals surface area contributed by atoms with Gasteiger partial charge in [0.2, 0.25) is 5.91 Å². The number of nitrogens with zero attached hydrogens (tertiary/aromatic N) is 1. The van der Waals surface area contributed by atoms with Gasteiger partial charge in [-0.1, -0.05) is 25.8 Å². The molecule has 0 aromatic rings. The number of aliphatic carboxylic acids is 1. The van der Waals surface area contributed by atoms with Crippen LogP contribution in [0.3, 0.4) is 0 Å². The molecule has 0 heterocycles. The average Bonchev–Trinajstić information content (AvgIpc) is 2.17. The van der Waals surface area contributed by atoms with Crippen LogP contribution in [-0.2, 0) is 9.59 Å². The van der Waals surface area contributed by atoms with Crippen LogP contribution in [0, 0.1) is 0 Å². The van der Waals surface area contributed by atoms with E-state index in [9.17, 15) is 9.59 Å². The van der Waals surface area contributed by atoms with Gasteiger partial charge in [-0.2, -0.15) is 0 Å². The maximum Gasteiger partial charge on any atom is 0.323 e. The normalized spacial score (nSPS) is 9.67. The summed E-state index contributed by atoms with van der Waals surface area (Å²) < 4.78 is 0. The third-order valence-electron chi connectivity index (χ3n) is 2.02. The van der Waals surface area contributed by atoms with E-state index in [1.807, 2.05) is 0 Å². The summed E-state index contributed by atoms with van der Waals surface area (Å²) in [6.07, 6.45) is 4.84. The standard InChI is InChI=1S/C11H19NO3/c1-3-5-6-7-10(13)12(8-4-2)9-11(14)15/h4H,2-3,5-9H2,1H3,(H,14,15). The molecule has 0 aliphatic heterocycles. The SMILES string of the molecule is C=CCN(CC(=O)O)C(=O)CCCCC. The van der Waals surface area contributed by atoms with Gasteiger partial charge in [-0.15, -0.1) is 6.58 Å². The van der Waals surface area contributed by atoms with Gasteiger partial charge < -0.3 is 10.0 Å². The van der Waals surface area contributed by atoms with E-state index in [-0.39, 0.29) is 12.5 Å². The van der Waals surface area contributed by atoms with Crippen LogP contribution >= 0.6 is 0 Å². The fourth-order valence-corrected chi connectivity index (χ4v) is 1.26. The molecule has 0 saturated heterocycles. The van der Waals surface area contributed by atoms with E-state index in [0.29, 0.717) is 13.0 Å². The van der Waals surface area contributed by atoms with E-state index in [2.05, 4.69) is 13.5 Å². The molecular formula is C11H19NO3. The van der Waals surface area contributed by atoms with Crippen LogP contribution in [0.5, 0.6) is 0 Å². The van der Waals surface area contributed by atoms with Crippen molar-refractivity contribution in [2.45, 2.75) is 32.6 Å². The number of amides is 1. The van der Waals surface area contributed by atoms with Crippen molar-refractivity contribution < 1.29 is 14.7 Å². The summed E-state index contributed by atoms with van der Waals surface area (Å²) in [7, 11) is 0. The lowest BCUT2D eigenvalue weighted by Crippen LogP contribution is -2.35. The summed E-state index contributed by atoms with van der Waals surface area (Å²) >= 11 is 0. The molecule has 0 bridgehead atoms. The van der Waals surface area contributed by atoms with Gasteiger partial charge >= 0.3 is 5.97 Å². The molecule has 0 radical (unpaired) electrons. The molecule has 0 aromatic heterocycles. The molecule has 0 aromatic carbocycles. The third-order valence-corrected chi connectivity index (χ3v) is 2.02. The van der Waals surface area contributed by atoms with Gasteiger partial charge in [-0.25, -0.2) is 0 Å². The molecule has 1 N–H and O–H groups in total. The summed E-state index contributed by atoms with van der Waals surface area (Å²) in [5.41, 5.74) is 0. The van der Waals surface area contributed by atoms with Gasteiger partial charge in [0.05, 0.1) is 0 Å². The second kappa shape index (κ2) is 8.03. The van der Waals surface area contributed by atoms with Crippen molar-refractivity contribution in [1.29, 1.82) is 0 Å². The fourth-order valence-electron chi connectivity index (χ4n) is 1.26. The zero-order chi connectivity index (χ0) is 11.7. The molecule has 1 amide bonds. The van der Waals surface area contributed by atoms with Gasteiger partial charge in [0.1, 0.15) is 6.54 Å². The monoisotopic (exact) mass is 213 g/mol. The Labute approximate surface area is 90.6 Å². The lowest BCUT2D eigenvalue weighted by Gasteiger charge is -2.18. The number of carboxylic acid groups (broad SMARTS) is 1. The predicted octanol–water partition coefficient (Wildman–Crippen LogP) is 1.67. The van der Waals surface area contributed by atoms with E-state index in [4.69, 9.17) is 5.11 Å². The van der Waals surface area contributed by atoms with Crippen molar-refractivity contribution in [3.63, 3.8) is 0 Å². The summed E-state index contributed by atoms with van der Waals surface area (Å²) in [4.78, 5) is 23.4. The van der Waals surface area contributed by atoms with Gasteiger partial charge in [-0.3, -0.25) is 9.59 Å². The number of carbonyl (C=O) groups excluding carboxylic acids is 1. The number of carboxylic acids is 1. The Balaban J connectivity index is 4.03. The Kier molecular flexibility index (Phi) is 7.32. The molecule has 0 atom stereocenters. The molecule has 86 valence electrons. The summed E-state index contributed by atoms with van der Waals surface area (Å²) in [5.74, 6) is -1.09. The molecule has 0 unspecified atom stereocenters. The summed E-state index contributed by atoms with van der Waals surface area (Å²) in [6, 6.07) is 0. The van der Waals surface area contributed by atoms with Crippen molar-refractivity contribution in [2.24, 2.45) is 0 Å². The molecule has 0 spiro atoms. The van der Waals surface area contributed by atoms with Crippen LogP contribution in [0.15, 0.2) is 12.7 Å². The highest BCUT2D eigenvalue weighted by Gasteiger charge is 2.14. The topological polar surface area (TPSA) is 57.6 Å². The third kappa shape index (κ3) is 6.71. The zero-order valence-corrected chi connectivity index (χ0v) is 9.24. The maximum absolute atomic E-state index is 11.6. The lowest BCUT2D eigenvalue weighted by molar-refractivity contribution is -0.144. The Bertz CT molecular complexity index is 226. The van der Waals surface area contributed by atoms with Crippen LogP contribution in [0.25, 0.3) is 0 Å². The van der Waals surface area contributed by atoms with Crippen LogP contribution in [0.4, 0.5) is 0 Å². The van der Waals surface area contributed by atoms with E-state index in [0.717, 1.165) is 19.3 Å². The van der Waals surface area contributed by atoms with Crippen molar-refractivity contribution >= 4 is 11.9 Å². The second-order valence-corrected chi connectivity index (χ2v) is 3.41. The molecule has 0 rings (SSSR count). The summed E-state index contributed by atoms with van der Waals surface area (Å²) in [5, 5.41) is 8.60. The van der Waals surface area contributed by atoms with Crippen molar-refractivity contribution in [1.82, 2.24) is 4.90 Å². The summed E-state index contributed by atoms with van der Waals surface area (Å²) in [6.45, 7) is 5.62. The highest BCUT2D eigenvalue weighted by molar-refractivity contribution is 5.81. The number of carbonyl (C=O) groups is 2. The Morgan fingerprint density at radius 3 is 2.53 bits per heavy atom. The number of hydrogen-bond donors (Lipinski definition) is 1. The molecule has 4 nitrogen and oxygen atoms in total. The minimum Gasteiger partial charge on any atom is -0.480 e. The Morgan fingerprint density at radius 2 is 2.07 bits per heavy atom. The van der Waals surface area contributed by atoms with Crippen LogP contribution in [-0.4, -0.2) is 35.0 Å². The quantitative estimate of drug-likeness (QED) is 0.493. The fraction of sp³-hybridized carbons (Fsp3) is 0.636. The molecule has 15 heavy (non-hydrogen) atoms. The minimum absolute atomic E-state index is 0.106. The highest BCUT2D eigenvalue weighted by Crippen LogP contribution is 2.03. The Morgan fingerprint density at radius 1 is 1.40 bits per heavy atom. The minimum atomic E-state index is -0.985. The number of hydrogen-bond acceptors (Lipinski definition) is 2. The lowest BCUT2D eigenvalue weighted by atomic mass is 10.2. The molecule has 0 fully saturated rings.